The summed E-state index contributed by atoms with van der Waals surface area (Å²) < 4.78 is 28.1. The van der Waals surface area contributed by atoms with E-state index in [9.17, 15) is 0 Å². The lowest BCUT2D eigenvalue weighted by atomic mass is 9.87. The number of nitrogens with zero attached hydrogens (tertiary/aromatic N) is 1. The summed E-state index contributed by atoms with van der Waals surface area (Å²) in [7, 11) is 8.41. The van der Waals surface area contributed by atoms with Gasteiger partial charge in [0, 0.05) is 19.6 Å². The van der Waals surface area contributed by atoms with Gasteiger partial charge in [-0.3, -0.25) is 4.90 Å². The molecule has 6 nitrogen and oxygen atoms in total. The summed E-state index contributed by atoms with van der Waals surface area (Å²) in [6.07, 6.45) is 0.940. The first-order valence-electron chi connectivity index (χ1n) is 11.7. The molecule has 0 radical (unpaired) electrons. The van der Waals surface area contributed by atoms with Crippen LogP contribution in [0.15, 0.2) is 48.5 Å². The maximum absolute atomic E-state index is 5.68. The minimum absolute atomic E-state index is 0.708. The second-order valence-electron chi connectivity index (χ2n) is 8.77. The van der Waals surface area contributed by atoms with Gasteiger partial charge < -0.3 is 23.7 Å². The monoisotopic (exact) mass is 473 g/mol. The van der Waals surface area contributed by atoms with E-state index in [2.05, 4.69) is 41.3 Å². The standard InChI is InChI=1S/C29H31NO5/c1-31-19-8-6-7-18(11-19)16-30-10-9-20-21-12-26(32-2)27(33-3)13-22(21)23-14-28(34-4)29(35-5)15-24(23)25(20)17-30/h6-8,11-15H,9-10,16-17H2,1-5H3. The molecule has 5 rings (SSSR count). The molecular formula is C29H31NO5. The van der Waals surface area contributed by atoms with Crippen molar-refractivity contribution in [3.63, 3.8) is 0 Å². The fourth-order valence-corrected chi connectivity index (χ4v) is 5.23. The molecule has 4 aromatic rings. The lowest BCUT2D eigenvalue weighted by Gasteiger charge is -2.31. The van der Waals surface area contributed by atoms with Crippen LogP contribution >= 0.6 is 0 Å². The molecule has 4 aromatic carbocycles. The Morgan fingerprint density at radius 1 is 0.629 bits per heavy atom. The summed E-state index contributed by atoms with van der Waals surface area (Å²) >= 11 is 0. The zero-order valence-electron chi connectivity index (χ0n) is 20.9. The van der Waals surface area contributed by atoms with Crippen LogP contribution in [0.25, 0.3) is 21.5 Å². The van der Waals surface area contributed by atoms with Crippen molar-refractivity contribution >= 4 is 21.5 Å². The van der Waals surface area contributed by atoms with Crippen molar-refractivity contribution in [2.24, 2.45) is 0 Å². The lowest BCUT2D eigenvalue weighted by Crippen LogP contribution is -2.30. The van der Waals surface area contributed by atoms with E-state index in [1.807, 2.05) is 12.1 Å². The van der Waals surface area contributed by atoms with Gasteiger partial charge in [-0.05, 0) is 81.1 Å². The molecule has 0 aliphatic carbocycles. The minimum Gasteiger partial charge on any atom is -0.497 e. The molecule has 1 aliphatic heterocycles. The van der Waals surface area contributed by atoms with Gasteiger partial charge in [-0.1, -0.05) is 12.1 Å². The highest BCUT2D eigenvalue weighted by Gasteiger charge is 2.24. The van der Waals surface area contributed by atoms with Crippen LogP contribution in [0.3, 0.4) is 0 Å². The number of fused-ring (bicyclic) bond motifs is 6. The summed E-state index contributed by atoms with van der Waals surface area (Å²) in [6, 6.07) is 16.7. The zero-order chi connectivity index (χ0) is 24.5. The highest BCUT2D eigenvalue weighted by molar-refractivity contribution is 6.12. The summed E-state index contributed by atoms with van der Waals surface area (Å²) in [4.78, 5) is 2.49. The zero-order valence-corrected chi connectivity index (χ0v) is 20.9. The van der Waals surface area contributed by atoms with E-state index >= 15 is 0 Å². The van der Waals surface area contributed by atoms with Crippen molar-refractivity contribution < 1.29 is 23.7 Å². The molecule has 0 unspecified atom stereocenters. The third-order valence-electron chi connectivity index (χ3n) is 6.95. The van der Waals surface area contributed by atoms with E-state index in [0.717, 1.165) is 54.1 Å². The Kier molecular flexibility index (Phi) is 6.31. The van der Waals surface area contributed by atoms with E-state index in [0.29, 0.717) is 11.5 Å². The summed E-state index contributed by atoms with van der Waals surface area (Å²) in [5, 5.41) is 4.60. The molecule has 1 heterocycles. The van der Waals surface area contributed by atoms with Gasteiger partial charge in [0.25, 0.3) is 0 Å². The van der Waals surface area contributed by atoms with Gasteiger partial charge in [0.1, 0.15) is 5.75 Å². The van der Waals surface area contributed by atoms with Crippen molar-refractivity contribution in [2.75, 3.05) is 42.1 Å². The van der Waals surface area contributed by atoms with Crippen LogP contribution in [0.4, 0.5) is 0 Å². The van der Waals surface area contributed by atoms with E-state index in [1.54, 1.807) is 35.5 Å². The lowest BCUT2D eigenvalue weighted by molar-refractivity contribution is 0.247. The normalized spacial score (nSPS) is 13.5. The highest BCUT2D eigenvalue weighted by Crippen LogP contribution is 2.44. The van der Waals surface area contributed by atoms with E-state index < -0.39 is 0 Å². The molecule has 0 amide bonds. The van der Waals surface area contributed by atoms with Crippen molar-refractivity contribution in [3.8, 4) is 28.7 Å². The van der Waals surface area contributed by atoms with Gasteiger partial charge >= 0.3 is 0 Å². The van der Waals surface area contributed by atoms with Crippen LogP contribution < -0.4 is 23.7 Å². The van der Waals surface area contributed by atoms with E-state index in [-0.39, 0.29) is 0 Å². The smallest absolute Gasteiger partial charge is 0.161 e. The van der Waals surface area contributed by atoms with Gasteiger partial charge in [0.05, 0.1) is 35.5 Å². The second kappa shape index (κ2) is 9.55. The number of hydrogen-bond donors (Lipinski definition) is 0. The maximum Gasteiger partial charge on any atom is 0.161 e. The Bertz CT molecular complexity index is 1400. The first-order chi connectivity index (χ1) is 17.1. The molecule has 0 aromatic heterocycles. The first-order valence-corrected chi connectivity index (χ1v) is 11.7. The molecule has 0 atom stereocenters. The first kappa shape index (κ1) is 23.1. The SMILES string of the molecule is COc1cccc(CN2CCc3c(c4cc(OC)c(OC)cc4c4cc(OC)c(OC)cc34)C2)c1. The molecule has 0 saturated carbocycles. The Morgan fingerprint density at radius 3 is 1.71 bits per heavy atom. The minimum atomic E-state index is 0.708. The molecule has 1 aliphatic rings. The largest absolute Gasteiger partial charge is 0.497 e. The van der Waals surface area contributed by atoms with Crippen LogP contribution in [0.2, 0.25) is 0 Å². The predicted octanol–water partition coefficient (Wildman–Crippen LogP) is 5.59. The van der Waals surface area contributed by atoms with Crippen LogP contribution in [-0.2, 0) is 19.5 Å². The fourth-order valence-electron chi connectivity index (χ4n) is 5.23. The van der Waals surface area contributed by atoms with Crippen LogP contribution in [-0.4, -0.2) is 47.0 Å². The number of methoxy groups -OCH3 is 5. The van der Waals surface area contributed by atoms with Crippen molar-refractivity contribution in [3.05, 3.63) is 65.2 Å². The highest BCUT2D eigenvalue weighted by atomic mass is 16.5. The maximum atomic E-state index is 5.68. The molecule has 182 valence electrons. The number of benzene rings is 4. The Labute approximate surface area is 205 Å². The average Bonchev–Trinajstić information content (AvgIpc) is 2.91. The molecule has 0 spiro atoms. The third kappa shape index (κ3) is 4.08. The van der Waals surface area contributed by atoms with Gasteiger partial charge in [0.2, 0.25) is 0 Å². The molecule has 0 fully saturated rings. The van der Waals surface area contributed by atoms with Gasteiger partial charge in [0.15, 0.2) is 23.0 Å². The van der Waals surface area contributed by atoms with Crippen molar-refractivity contribution in [1.82, 2.24) is 4.90 Å². The Hall–Kier alpha value is -3.64. The molecule has 35 heavy (non-hydrogen) atoms. The summed E-state index contributed by atoms with van der Waals surface area (Å²) in [5.74, 6) is 3.77. The molecule has 0 N–H and O–H groups in total. The Balaban J connectivity index is 1.69. The number of hydrogen-bond acceptors (Lipinski definition) is 6. The number of rotatable bonds is 7. The second-order valence-corrected chi connectivity index (χ2v) is 8.77. The van der Waals surface area contributed by atoms with Crippen molar-refractivity contribution in [1.29, 1.82) is 0 Å². The van der Waals surface area contributed by atoms with E-state index in [4.69, 9.17) is 23.7 Å². The van der Waals surface area contributed by atoms with Gasteiger partial charge in [-0.25, -0.2) is 0 Å². The van der Waals surface area contributed by atoms with Gasteiger partial charge in [-0.2, -0.15) is 0 Å². The topological polar surface area (TPSA) is 49.4 Å². The van der Waals surface area contributed by atoms with Crippen molar-refractivity contribution in [2.45, 2.75) is 19.5 Å². The Morgan fingerprint density at radius 2 is 1.17 bits per heavy atom. The van der Waals surface area contributed by atoms with Crippen LogP contribution in [0, 0.1) is 0 Å². The summed E-state index contributed by atoms with van der Waals surface area (Å²) in [6.45, 7) is 2.66. The number of ether oxygens (including phenoxy) is 5. The quantitative estimate of drug-likeness (QED) is 0.326. The molecular weight excluding hydrogens is 442 g/mol. The average molecular weight is 474 g/mol. The van der Waals surface area contributed by atoms with Crippen LogP contribution in [0.1, 0.15) is 16.7 Å². The van der Waals surface area contributed by atoms with E-state index in [1.165, 1.54) is 27.5 Å². The summed E-state index contributed by atoms with van der Waals surface area (Å²) in [5.41, 5.74) is 3.90. The third-order valence-corrected chi connectivity index (χ3v) is 6.95. The molecule has 6 heteroatoms. The van der Waals surface area contributed by atoms with Crippen LogP contribution in [0.5, 0.6) is 28.7 Å². The predicted molar refractivity (Wildman–Crippen MR) is 138 cm³/mol. The van der Waals surface area contributed by atoms with Gasteiger partial charge in [-0.15, -0.1) is 0 Å². The molecule has 0 saturated heterocycles. The fraction of sp³-hybridized carbons (Fsp3) is 0.310. The molecule has 0 bridgehead atoms.